The molecular formula is C19H25N. The normalized spacial score (nSPS) is 13.1. The number of hydrogen-bond donors (Lipinski definition) is 1. The van der Waals surface area contributed by atoms with Crippen molar-refractivity contribution >= 4 is 5.69 Å². The Morgan fingerprint density at radius 3 is 2.10 bits per heavy atom. The molecule has 0 aliphatic rings. The number of hydrogen-bond acceptors (Lipinski definition) is 1. The molecule has 0 saturated heterocycles. The molecule has 2 rings (SSSR count). The summed E-state index contributed by atoms with van der Waals surface area (Å²) in [5.74, 6) is 0.494. The molecule has 0 fully saturated rings. The number of benzene rings is 2. The van der Waals surface area contributed by atoms with E-state index in [4.69, 9.17) is 0 Å². The third-order valence-electron chi connectivity index (χ3n) is 4.19. The van der Waals surface area contributed by atoms with Crippen LogP contribution in [0.4, 0.5) is 5.69 Å². The van der Waals surface area contributed by atoms with Crippen molar-refractivity contribution in [3.63, 3.8) is 0 Å². The lowest BCUT2D eigenvalue weighted by Gasteiger charge is -2.29. The molecule has 1 N–H and O–H groups in total. The summed E-state index contributed by atoms with van der Waals surface area (Å²) in [5, 5.41) is 3.33. The van der Waals surface area contributed by atoms with E-state index in [0.717, 1.165) is 0 Å². The van der Waals surface area contributed by atoms with Gasteiger partial charge in [0.15, 0.2) is 0 Å². The summed E-state index contributed by atoms with van der Waals surface area (Å²) in [5.41, 5.74) is 5.43. The fourth-order valence-corrected chi connectivity index (χ4v) is 2.43. The van der Waals surface area contributed by atoms with Crippen LogP contribution >= 0.6 is 0 Å². The lowest BCUT2D eigenvalue weighted by molar-refractivity contribution is 0.340. The molecule has 1 unspecified atom stereocenters. The van der Waals surface area contributed by atoms with Gasteiger partial charge in [0, 0.05) is 12.7 Å². The summed E-state index contributed by atoms with van der Waals surface area (Å²) >= 11 is 0. The van der Waals surface area contributed by atoms with Gasteiger partial charge in [0.1, 0.15) is 0 Å². The van der Waals surface area contributed by atoms with Crippen LogP contribution in [0.5, 0.6) is 0 Å². The van der Waals surface area contributed by atoms with E-state index >= 15 is 0 Å². The maximum absolute atomic E-state index is 3.33. The summed E-state index contributed by atoms with van der Waals surface area (Å²) in [7, 11) is 2.00. The smallest absolute Gasteiger partial charge is 0.0373 e. The van der Waals surface area contributed by atoms with Crippen molar-refractivity contribution in [3.05, 3.63) is 54.1 Å². The summed E-state index contributed by atoms with van der Waals surface area (Å²) in [6, 6.07) is 17.3. The molecule has 20 heavy (non-hydrogen) atoms. The minimum absolute atomic E-state index is 0.251. The second kappa shape index (κ2) is 5.70. The van der Waals surface area contributed by atoms with E-state index in [1.54, 1.807) is 0 Å². The Hall–Kier alpha value is -1.76. The van der Waals surface area contributed by atoms with E-state index in [9.17, 15) is 0 Å². The molecule has 1 nitrogen and oxygen atoms in total. The van der Waals surface area contributed by atoms with Crippen molar-refractivity contribution in [2.75, 3.05) is 12.4 Å². The maximum atomic E-state index is 3.33. The molecular weight excluding hydrogens is 242 g/mol. The van der Waals surface area contributed by atoms with Crippen LogP contribution < -0.4 is 5.32 Å². The molecule has 2 aromatic carbocycles. The SMILES string of the molecule is CNc1ccc(-c2ccccc2)cc1C(C)C(C)(C)C. The van der Waals surface area contributed by atoms with Crippen molar-refractivity contribution in [1.82, 2.24) is 0 Å². The van der Waals surface area contributed by atoms with Crippen LogP contribution in [0.25, 0.3) is 11.1 Å². The van der Waals surface area contributed by atoms with Crippen LogP contribution in [-0.4, -0.2) is 7.05 Å². The predicted molar refractivity (Wildman–Crippen MR) is 89.3 cm³/mol. The summed E-state index contributed by atoms with van der Waals surface area (Å²) < 4.78 is 0. The largest absolute Gasteiger partial charge is 0.388 e. The molecule has 1 atom stereocenters. The minimum atomic E-state index is 0.251. The third kappa shape index (κ3) is 3.04. The Morgan fingerprint density at radius 1 is 0.900 bits per heavy atom. The van der Waals surface area contributed by atoms with Crippen LogP contribution in [0, 0.1) is 5.41 Å². The predicted octanol–water partition coefficient (Wildman–Crippen LogP) is 5.54. The molecule has 0 heterocycles. The van der Waals surface area contributed by atoms with Crippen LogP contribution in [0.15, 0.2) is 48.5 Å². The van der Waals surface area contributed by atoms with Crippen molar-refractivity contribution in [1.29, 1.82) is 0 Å². The molecule has 0 amide bonds. The van der Waals surface area contributed by atoms with Crippen LogP contribution in [0.3, 0.4) is 0 Å². The van der Waals surface area contributed by atoms with Gasteiger partial charge in [0.25, 0.3) is 0 Å². The number of anilines is 1. The zero-order chi connectivity index (χ0) is 14.8. The molecule has 0 aliphatic carbocycles. The van der Waals surface area contributed by atoms with Crippen LogP contribution in [0.1, 0.15) is 39.2 Å². The lowest BCUT2D eigenvalue weighted by Crippen LogP contribution is -2.16. The van der Waals surface area contributed by atoms with Crippen molar-refractivity contribution in [2.45, 2.75) is 33.6 Å². The topological polar surface area (TPSA) is 12.0 Å². The Kier molecular flexibility index (Phi) is 4.17. The van der Waals surface area contributed by atoms with Gasteiger partial charge in [-0.25, -0.2) is 0 Å². The van der Waals surface area contributed by atoms with E-state index in [1.165, 1.54) is 22.4 Å². The summed E-state index contributed by atoms with van der Waals surface area (Å²) in [6.07, 6.45) is 0. The Morgan fingerprint density at radius 2 is 1.55 bits per heavy atom. The average molecular weight is 267 g/mol. The van der Waals surface area contributed by atoms with E-state index < -0.39 is 0 Å². The molecule has 0 radical (unpaired) electrons. The van der Waals surface area contributed by atoms with Gasteiger partial charge < -0.3 is 5.32 Å². The number of rotatable bonds is 3. The highest BCUT2D eigenvalue weighted by atomic mass is 14.8. The lowest BCUT2D eigenvalue weighted by atomic mass is 9.76. The molecule has 2 aromatic rings. The summed E-state index contributed by atoms with van der Waals surface area (Å²) in [4.78, 5) is 0. The zero-order valence-corrected chi connectivity index (χ0v) is 13.2. The quantitative estimate of drug-likeness (QED) is 0.769. The van der Waals surface area contributed by atoms with Gasteiger partial charge in [-0.15, -0.1) is 0 Å². The van der Waals surface area contributed by atoms with Gasteiger partial charge in [-0.2, -0.15) is 0 Å². The Bertz CT molecular complexity index is 564. The average Bonchev–Trinajstić information content (AvgIpc) is 2.45. The van der Waals surface area contributed by atoms with Gasteiger partial charge in [-0.05, 0) is 40.2 Å². The van der Waals surface area contributed by atoms with E-state index in [0.29, 0.717) is 5.92 Å². The minimum Gasteiger partial charge on any atom is -0.388 e. The first-order valence-corrected chi connectivity index (χ1v) is 7.30. The summed E-state index contributed by atoms with van der Waals surface area (Å²) in [6.45, 7) is 9.20. The number of nitrogens with one attached hydrogen (secondary N) is 1. The highest BCUT2D eigenvalue weighted by molar-refractivity contribution is 5.69. The first-order chi connectivity index (χ1) is 9.43. The van der Waals surface area contributed by atoms with Gasteiger partial charge in [0.05, 0.1) is 0 Å². The monoisotopic (exact) mass is 267 g/mol. The second-order valence-electron chi connectivity index (χ2n) is 6.51. The van der Waals surface area contributed by atoms with E-state index in [-0.39, 0.29) is 5.41 Å². The Balaban J connectivity index is 2.50. The highest BCUT2D eigenvalue weighted by Crippen LogP contribution is 2.39. The fraction of sp³-hybridized carbons (Fsp3) is 0.368. The maximum Gasteiger partial charge on any atom is 0.0373 e. The van der Waals surface area contributed by atoms with Crippen molar-refractivity contribution in [3.8, 4) is 11.1 Å². The molecule has 0 aliphatic heterocycles. The van der Waals surface area contributed by atoms with Crippen LogP contribution in [0.2, 0.25) is 0 Å². The van der Waals surface area contributed by atoms with Gasteiger partial charge in [-0.1, -0.05) is 64.1 Å². The van der Waals surface area contributed by atoms with Gasteiger partial charge in [0.2, 0.25) is 0 Å². The van der Waals surface area contributed by atoms with Crippen molar-refractivity contribution < 1.29 is 0 Å². The van der Waals surface area contributed by atoms with Crippen LogP contribution in [-0.2, 0) is 0 Å². The third-order valence-corrected chi connectivity index (χ3v) is 4.19. The fourth-order valence-electron chi connectivity index (χ4n) is 2.43. The molecule has 0 bridgehead atoms. The molecule has 0 aromatic heterocycles. The van der Waals surface area contributed by atoms with E-state index in [2.05, 4.69) is 81.5 Å². The highest BCUT2D eigenvalue weighted by Gasteiger charge is 2.24. The van der Waals surface area contributed by atoms with E-state index in [1.807, 2.05) is 7.05 Å². The molecule has 106 valence electrons. The Labute approximate surface area is 123 Å². The molecule has 1 heteroatoms. The van der Waals surface area contributed by atoms with Gasteiger partial charge >= 0.3 is 0 Å². The first-order valence-electron chi connectivity index (χ1n) is 7.30. The zero-order valence-electron chi connectivity index (χ0n) is 13.2. The second-order valence-corrected chi connectivity index (χ2v) is 6.51. The van der Waals surface area contributed by atoms with Gasteiger partial charge in [-0.3, -0.25) is 0 Å². The molecule has 0 spiro atoms. The standard InChI is InChI=1S/C19H25N/c1-14(19(2,3)4)17-13-16(11-12-18(17)20-5)15-9-7-6-8-10-15/h6-14,20H,1-5H3. The molecule has 0 saturated carbocycles. The first kappa shape index (κ1) is 14.6. The van der Waals surface area contributed by atoms with Crippen molar-refractivity contribution in [2.24, 2.45) is 5.41 Å².